The number of hydrogen-bond donors (Lipinski definition) is 1. The van der Waals surface area contributed by atoms with E-state index in [4.69, 9.17) is 14.4 Å². The Kier molecular flexibility index (Phi) is 5.45. The maximum absolute atomic E-state index is 12.3. The van der Waals surface area contributed by atoms with Crippen molar-refractivity contribution in [2.75, 3.05) is 13.7 Å². The number of rotatable bonds is 7. The minimum atomic E-state index is -1.05. The highest BCUT2D eigenvalue weighted by atomic mass is 32.1. The van der Waals surface area contributed by atoms with Gasteiger partial charge in [-0.1, -0.05) is 5.16 Å². The van der Waals surface area contributed by atoms with Gasteiger partial charge in [0.05, 0.1) is 4.88 Å². The van der Waals surface area contributed by atoms with Crippen LogP contribution in [0, 0.1) is 0 Å². The molecule has 1 atom stereocenters. The Labute approximate surface area is 136 Å². The van der Waals surface area contributed by atoms with Crippen LogP contribution in [-0.2, 0) is 11.3 Å². The maximum atomic E-state index is 12.3. The summed E-state index contributed by atoms with van der Waals surface area (Å²) in [5.74, 6) is -0.646. The quantitative estimate of drug-likeness (QED) is 0.824. The van der Waals surface area contributed by atoms with E-state index in [0.717, 1.165) is 11.3 Å². The summed E-state index contributed by atoms with van der Waals surface area (Å²) in [4.78, 5) is 29.2. The molecule has 1 N–H and O–H groups in total. The Bertz CT molecular complexity index is 696. The minimum absolute atomic E-state index is 0.118. The number of aromatic nitrogens is 2. The van der Waals surface area contributed by atoms with E-state index in [1.165, 1.54) is 17.0 Å². The molecule has 0 fully saturated rings. The molecule has 0 aromatic carbocycles. The van der Waals surface area contributed by atoms with Gasteiger partial charge in [-0.05, 0) is 26.0 Å². The second kappa shape index (κ2) is 7.34. The van der Waals surface area contributed by atoms with Gasteiger partial charge in [-0.2, -0.15) is 4.98 Å². The fraction of sp³-hybridized carbons (Fsp3) is 0.429. The van der Waals surface area contributed by atoms with Crippen LogP contribution in [0.3, 0.4) is 0 Å². The van der Waals surface area contributed by atoms with Crippen LogP contribution in [0.25, 0.3) is 0 Å². The molecule has 0 spiro atoms. The molecule has 0 aliphatic heterocycles. The van der Waals surface area contributed by atoms with Gasteiger partial charge >= 0.3 is 5.97 Å². The lowest BCUT2D eigenvalue weighted by molar-refractivity contribution is 0.0682. The molecular weight excluding hydrogens is 322 g/mol. The third-order valence-corrected chi connectivity index (χ3v) is 4.07. The number of nitrogens with zero attached hydrogens (tertiary/aromatic N) is 3. The second-order valence-electron chi connectivity index (χ2n) is 4.77. The van der Waals surface area contributed by atoms with Crippen molar-refractivity contribution in [1.29, 1.82) is 0 Å². The molecule has 1 unspecified atom stereocenters. The van der Waals surface area contributed by atoms with Gasteiger partial charge in [0.25, 0.3) is 5.91 Å². The van der Waals surface area contributed by atoms with Crippen LogP contribution >= 0.6 is 11.3 Å². The van der Waals surface area contributed by atoms with E-state index >= 15 is 0 Å². The van der Waals surface area contributed by atoms with Crippen LogP contribution in [0.1, 0.15) is 51.0 Å². The first kappa shape index (κ1) is 17.1. The van der Waals surface area contributed by atoms with Gasteiger partial charge in [-0.3, -0.25) is 4.79 Å². The molecule has 2 aromatic heterocycles. The van der Waals surface area contributed by atoms with Crippen molar-refractivity contribution in [2.24, 2.45) is 0 Å². The fourth-order valence-electron chi connectivity index (χ4n) is 1.85. The molecule has 1 amide bonds. The highest BCUT2D eigenvalue weighted by Crippen LogP contribution is 2.19. The van der Waals surface area contributed by atoms with Gasteiger partial charge in [-0.15, -0.1) is 11.3 Å². The summed E-state index contributed by atoms with van der Waals surface area (Å²) in [5, 5.41) is 12.7. The number of aromatic carboxylic acids is 1. The number of carbonyl (C=O) groups excluding carboxylic acids is 1. The second-order valence-corrected chi connectivity index (χ2v) is 5.86. The fourth-order valence-corrected chi connectivity index (χ4v) is 2.69. The van der Waals surface area contributed by atoms with E-state index in [0.29, 0.717) is 17.3 Å². The molecule has 0 aliphatic rings. The van der Waals surface area contributed by atoms with Crippen molar-refractivity contribution >= 4 is 23.2 Å². The van der Waals surface area contributed by atoms with Crippen molar-refractivity contribution < 1.29 is 24.0 Å². The molecule has 9 heteroatoms. The van der Waals surface area contributed by atoms with Gasteiger partial charge in [0.2, 0.25) is 5.89 Å². The number of carbonyl (C=O) groups is 2. The number of carboxylic acids is 1. The van der Waals surface area contributed by atoms with Crippen molar-refractivity contribution in [3.8, 4) is 0 Å². The van der Waals surface area contributed by atoms with Crippen LogP contribution < -0.4 is 0 Å². The van der Waals surface area contributed by atoms with Gasteiger partial charge in [0, 0.05) is 13.7 Å². The molecule has 23 heavy (non-hydrogen) atoms. The molecule has 0 bridgehead atoms. The highest BCUT2D eigenvalue weighted by molar-refractivity contribution is 7.15. The maximum Gasteiger partial charge on any atom is 0.345 e. The number of thiophene rings is 1. The third kappa shape index (κ3) is 4.14. The van der Waals surface area contributed by atoms with E-state index in [2.05, 4.69) is 10.1 Å². The van der Waals surface area contributed by atoms with Crippen LogP contribution in [0.4, 0.5) is 0 Å². The monoisotopic (exact) mass is 339 g/mol. The van der Waals surface area contributed by atoms with E-state index in [9.17, 15) is 9.59 Å². The number of ether oxygens (including phenoxy) is 1. The molecular formula is C14H17N3O5S. The first-order valence-electron chi connectivity index (χ1n) is 6.95. The summed E-state index contributed by atoms with van der Waals surface area (Å²) in [6, 6.07) is 2.89. The van der Waals surface area contributed by atoms with E-state index in [1.54, 1.807) is 7.05 Å². The average Bonchev–Trinajstić information content (AvgIpc) is 3.15. The smallest absolute Gasteiger partial charge is 0.345 e. The number of amides is 1. The van der Waals surface area contributed by atoms with Crippen LogP contribution in [-0.4, -0.2) is 45.7 Å². The van der Waals surface area contributed by atoms with Crippen molar-refractivity contribution in [1.82, 2.24) is 15.0 Å². The van der Waals surface area contributed by atoms with Crippen LogP contribution in [0.15, 0.2) is 16.7 Å². The van der Waals surface area contributed by atoms with Gasteiger partial charge in [-0.25, -0.2) is 4.79 Å². The van der Waals surface area contributed by atoms with Gasteiger partial charge in [0.15, 0.2) is 5.82 Å². The predicted octanol–water partition coefficient (Wildman–Crippen LogP) is 2.20. The largest absolute Gasteiger partial charge is 0.477 e. The Morgan fingerprint density at radius 2 is 2.13 bits per heavy atom. The van der Waals surface area contributed by atoms with E-state index < -0.39 is 5.97 Å². The molecule has 2 aromatic rings. The summed E-state index contributed by atoms with van der Waals surface area (Å²) >= 11 is 0.927. The first-order chi connectivity index (χ1) is 10.9. The number of hydrogen-bond acceptors (Lipinski definition) is 7. The Morgan fingerprint density at radius 1 is 1.43 bits per heavy atom. The zero-order valence-electron chi connectivity index (χ0n) is 13.0. The first-order valence-corrected chi connectivity index (χ1v) is 7.76. The summed E-state index contributed by atoms with van der Waals surface area (Å²) in [7, 11) is 1.58. The molecule has 0 radical (unpaired) electrons. The zero-order valence-corrected chi connectivity index (χ0v) is 13.8. The molecule has 0 aliphatic carbocycles. The topological polar surface area (TPSA) is 106 Å². The van der Waals surface area contributed by atoms with Crippen molar-refractivity contribution in [3.63, 3.8) is 0 Å². The van der Waals surface area contributed by atoms with Gasteiger partial charge in [0.1, 0.15) is 17.5 Å². The Balaban J connectivity index is 2.01. The summed E-state index contributed by atoms with van der Waals surface area (Å²) < 4.78 is 10.5. The number of carboxylic acid groups (broad SMARTS) is 1. The lowest BCUT2D eigenvalue weighted by Gasteiger charge is -2.13. The lowest BCUT2D eigenvalue weighted by atomic mass is 10.3. The van der Waals surface area contributed by atoms with Gasteiger partial charge < -0.3 is 19.3 Å². The standard InChI is InChI=1S/C14H17N3O5S/c1-4-21-8(2)12-15-11(22-16-12)7-17(3)13(18)9-5-6-10(23-9)14(19)20/h5-6,8H,4,7H2,1-3H3,(H,19,20). The van der Waals surface area contributed by atoms with Crippen molar-refractivity contribution in [2.45, 2.75) is 26.5 Å². The third-order valence-electron chi connectivity index (χ3n) is 3.01. The summed E-state index contributed by atoms with van der Waals surface area (Å²) in [6.45, 7) is 4.35. The molecule has 2 rings (SSSR count). The van der Waals surface area contributed by atoms with Crippen molar-refractivity contribution in [3.05, 3.63) is 33.6 Å². The van der Waals surface area contributed by atoms with Crippen LogP contribution in [0.2, 0.25) is 0 Å². The normalized spacial score (nSPS) is 12.1. The zero-order chi connectivity index (χ0) is 17.0. The SMILES string of the molecule is CCOC(C)c1noc(CN(C)C(=O)c2ccc(C(=O)O)s2)n1. The van der Waals surface area contributed by atoms with Crippen LogP contribution in [0.5, 0.6) is 0 Å². The molecule has 0 saturated heterocycles. The summed E-state index contributed by atoms with van der Waals surface area (Å²) in [5.41, 5.74) is 0. The summed E-state index contributed by atoms with van der Waals surface area (Å²) in [6.07, 6.45) is -0.283. The molecule has 0 saturated carbocycles. The molecule has 8 nitrogen and oxygen atoms in total. The predicted molar refractivity (Wildman–Crippen MR) is 81.4 cm³/mol. The Hall–Kier alpha value is -2.26. The lowest BCUT2D eigenvalue weighted by Crippen LogP contribution is -2.25. The highest BCUT2D eigenvalue weighted by Gasteiger charge is 2.20. The Morgan fingerprint density at radius 3 is 2.74 bits per heavy atom. The molecule has 124 valence electrons. The average molecular weight is 339 g/mol. The molecule has 2 heterocycles. The van der Waals surface area contributed by atoms with E-state index in [1.807, 2.05) is 13.8 Å². The van der Waals surface area contributed by atoms with E-state index in [-0.39, 0.29) is 29.3 Å². The minimum Gasteiger partial charge on any atom is -0.477 e.